The maximum Gasteiger partial charge on any atom is 0.209 e. The number of H-pyrrole nitrogens is 1. The number of rotatable bonds is 2. The summed E-state index contributed by atoms with van der Waals surface area (Å²) < 4.78 is 5.05. The number of nitrogens with one attached hydrogen (secondary N) is 1. The molecule has 0 saturated carbocycles. The van der Waals surface area contributed by atoms with Gasteiger partial charge in [-0.25, -0.2) is 4.98 Å². The Morgan fingerprint density at radius 2 is 2.31 bits per heavy atom. The Kier molecular flexibility index (Phi) is 2.40. The summed E-state index contributed by atoms with van der Waals surface area (Å²) in [4.78, 5) is 18.5. The van der Waals surface area contributed by atoms with E-state index in [-0.39, 0.29) is 5.95 Å². The predicted molar refractivity (Wildman–Crippen MR) is 56.4 cm³/mol. The molecule has 0 bridgehead atoms. The van der Waals surface area contributed by atoms with E-state index >= 15 is 0 Å². The van der Waals surface area contributed by atoms with Crippen molar-refractivity contribution in [1.29, 1.82) is 0 Å². The molecule has 1 aromatic carbocycles. The van der Waals surface area contributed by atoms with Gasteiger partial charge in [0, 0.05) is 13.1 Å². The highest BCUT2D eigenvalue weighted by molar-refractivity contribution is 5.86. The summed E-state index contributed by atoms with van der Waals surface area (Å²) in [5, 5.41) is 10.6. The number of amides is 1. The van der Waals surface area contributed by atoms with Crippen molar-refractivity contribution in [3.05, 3.63) is 18.2 Å². The molecule has 0 fully saturated rings. The summed E-state index contributed by atoms with van der Waals surface area (Å²) in [5.74, 6) is 0.905. The fraction of sp³-hybridized carbons (Fsp3) is 0.200. The number of carbonyl (C=O) groups is 1. The highest BCUT2D eigenvalue weighted by Crippen LogP contribution is 2.21. The molecular formula is C10H10N3O3-. The number of methoxy groups -OCH3 is 1. The van der Waals surface area contributed by atoms with Crippen molar-refractivity contribution >= 4 is 23.1 Å². The van der Waals surface area contributed by atoms with Crippen LogP contribution in [0.5, 0.6) is 5.75 Å². The van der Waals surface area contributed by atoms with Gasteiger partial charge in [-0.1, -0.05) is 0 Å². The van der Waals surface area contributed by atoms with E-state index in [0.717, 1.165) is 4.90 Å². The van der Waals surface area contributed by atoms with Gasteiger partial charge in [-0.2, -0.15) is 0 Å². The lowest BCUT2D eigenvalue weighted by Crippen LogP contribution is -2.38. The molecule has 1 heterocycles. The van der Waals surface area contributed by atoms with Crippen LogP contribution in [0.4, 0.5) is 10.7 Å². The predicted octanol–water partition coefficient (Wildman–Crippen LogP) is 0.351. The van der Waals surface area contributed by atoms with E-state index in [4.69, 9.17) is 4.74 Å². The largest absolute Gasteiger partial charge is 0.530 e. The molecule has 0 atom stereocenters. The van der Waals surface area contributed by atoms with Crippen LogP contribution in [-0.4, -0.2) is 30.2 Å². The Morgan fingerprint density at radius 3 is 2.94 bits per heavy atom. The van der Waals surface area contributed by atoms with Crippen LogP contribution in [0.25, 0.3) is 11.0 Å². The number of hydrogen-bond acceptors (Lipinski definition) is 4. The Bertz CT molecular complexity index is 535. The van der Waals surface area contributed by atoms with Gasteiger partial charge in [-0.15, -0.1) is 0 Å². The average molecular weight is 220 g/mol. The van der Waals surface area contributed by atoms with E-state index < -0.39 is 6.09 Å². The summed E-state index contributed by atoms with van der Waals surface area (Å²) in [5.41, 5.74) is 1.38. The number of aromatic nitrogens is 2. The maximum absolute atomic E-state index is 10.6. The molecule has 6 heteroatoms. The Labute approximate surface area is 91.5 Å². The summed E-state index contributed by atoms with van der Waals surface area (Å²) in [6.07, 6.45) is -1.31. The van der Waals surface area contributed by atoms with Gasteiger partial charge in [0.05, 0.1) is 18.1 Å². The number of nitrogens with zero attached hydrogens (tertiary/aromatic N) is 2. The number of carbonyl (C=O) groups excluding carboxylic acids is 1. The van der Waals surface area contributed by atoms with E-state index in [1.807, 2.05) is 0 Å². The van der Waals surface area contributed by atoms with Crippen LogP contribution in [0, 0.1) is 0 Å². The van der Waals surface area contributed by atoms with Crippen molar-refractivity contribution < 1.29 is 14.6 Å². The molecule has 1 amide bonds. The fourth-order valence-corrected chi connectivity index (χ4v) is 1.35. The van der Waals surface area contributed by atoms with Crippen molar-refractivity contribution in [2.24, 2.45) is 0 Å². The van der Waals surface area contributed by atoms with Crippen molar-refractivity contribution in [2.45, 2.75) is 0 Å². The molecule has 0 aliphatic heterocycles. The molecule has 1 N–H and O–H groups in total. The lowest BCUT2D eigenvalue weighted by Gasteiger charge is -2.15. The van der Waals surface area contributed by atoms with Crippen LogP contribution in [0.3, 0.4) is 0 Å². The first kappa shape index (κ1) is 10.3. The third-order valence-electron chi connectivity index (χ3n) is 2.27. The third kappa shape index (κ3) is 1.65. The number of benzene rings is 1. The Balaban J connectivity index is 2.47. The summed E-state index contributed by atoms with van der Waals surface area (Å²) >= 11 is 0. The molecule has 2 aromatic rings. The first-order chi connectivity index (χ1) is 7.61. The van der Waals surface area contributed by atoms with Crippen molar-refractivity contribution in [3.63, 3.8) is 0 Å². The highest BCUT2D eigenvalue weighted by Gasteiger charge is 2.08. The molecule has 0 saturated heterocycles. The summed E-state index contributed by atoms with van der Waals surface area (Å²) in [7, 11) is 2.93. The van der Waals surface area contributed by atoms with E-state index in [1.54, 1.807) is 25.3 Å². The van der Waals surface area contributed by atoms with Crippen LogP contribution in [0.1, 0.15) is 0 Å². The van der Waals surface area contributed by atoms with Crippen LogP contribution in [0.15, 0.2) is 18.2 Å². The number of aromatic amines is 1. The minimum atomic E-state index is -1.31. The standard InChI is InChI=1S/C10H11N3O3/c1-13(10(14)15)9-11-7-4-3-6(16-2)5-8(7)12-9/h3-5H,1-2H3,(H,11,12)(H,14,15)/p-1. The van der Waals surface area contributed by atoms with Crippen molar-refractivity contribution in [1.82, 2.24) is 9.97 Å². The molecule has 0 aliphatic carbocycles. The second kappa shape index (κ2) is 3.73. The van der Waals surface area contributed by atoms with Gasteiger partial charge in [0.1, 0.15) is 11.8 Å². The molecule has 1 aromatic heterocycles. The minimum Gasteiger partial charge on any atom is -0.530 e. The van der Waals surface area contributed by atoms with Crippen LogP contribution >= 0.6 is 0 Å². The zero-order chi connectivity index (χ0) is 11.7. The monoisotopic (exact) mass is 220 g/mol. The van der Waals surface area contributed by atoms with Gasteiger partial charge >= 0.3 is 0 Å². The van der Waals surface area contributed by atoms with Crippen molar-refractivity contribution in [2.75, 3.05) is 19.1 Å². The molecule has 0 radical (unpaired) electrons. The van der Waals surface area contributed by atoms with Gasteiger partial charge in [0.15, 0.2) is 0 Å². The molecular weight excluding hydrogens is 210 g/mol. The maximum atomic E-state index is 10.6. The zero-order valence-corrected chi connectivity index (χ0v) is 8.85. The number of carboxylic acid groups (broad SMARTS) is 1. The highest BCUT2D eigenvalue weighted by atomic mass is 16.5. The second-order valence-corrected chi connectivity index (χ2v) is 3.27. The number of anilines is 1. The number of imidazole rings is 1. The first-order valence-electron chi connectivity index (χ1n) is 4.60. The summed E-state index contributed by atoms with van der Waals surface area (Å²) in [6, 6.07) is 5.25. The van der Waals surface area contributed by atoms with Crippen LogP contribution < -0.4 is 14.7 Å². The van der Waals surface area contributed by atoms with Crippen molar-refractivity contribution in [3.8, 4) is 5.75 Å². The summed E-state index contributed by atoms with van der Waals surface area (Å²) in [6.45, 7) is 0. The van der Waals surface area contributed by atoms with E-state index in [1.165, 1.54) is 7.05 Å². The smallest absolute Gasteiger partial charge is 0.209 e. The topological polar surface area (TPSA) is 81.3 Å². The third-order valence-corrected chi connectivity index (χ3v) is 2.27. The number of ether oxygens (including phenoxy) is 1. The number of fused-ring (bicyclic) bond motifs is 1. The number of hydrogen-bond donors (Lipinski definition) is 1. The minimum absolute atomic E-state index is 0.225. The van der Waals surface area contributed by atoms with Crippen LogP contribution in [0.2, 0.25) is 0 Å². The zero-order valence-electron chi connectivity index (χ0n) is 8.85. The van der Waals surface area contributed by atoms with Gasteiger partial charge in [-0.05, 0) is 12.1 Å². The van der Waals surface area contributed by atoms with E-state index in [9.17, 15) is 9.90 Å². The van der Waals surface area contributed by atoms with Gasteiger partial charge in [-0.3, -0.25) is 0 Å². The van der Waals surface area contributed by atoms with Crippen LogP contribution in [-0.2, 0) is 0 Å². The SMILES string of the molecule is COc1ccc2nc(N(C)C(=O)[O-])[nH]c2c1. The second-order valence-electron chi connectivity index (χ2n) is 3.27. The molecule has 0 aliphatic rings. The molecule has 6 nitrogen and oxygen atoms in total. The lowest BCUT2D eigenvalue weighted by atomic mass is 10.3. The molecule has 0 unspecified atom stereocenters. The normalized spacial score (nSPS) is 10.4. The lowest BCUT2D eigenvalue weighted by molar-refractivity contribution is -0.246. The first-order valence-corrected chi connectivity index (χ1v) is 4.60. The molecule has 2 rings (SSSR count). The Hall–Kier alpha value is -2.24. The van der Waals surface area contributed by atoms with Gasteiger partial charge in [0.25, 0.3) is 0 Å². The molecule has 16 heavy (non-hydrogen) atoms. The average Bonchev–Trinajstić information content (AvgIpc) is 2.69. The van der Waals surface area contributed by atoms with Gasteiger partial charge in [0.2, 0.25) is 5.95 Å². The fourth-order valence-electron chi connectivity index (χ4n) is 1.35. The molecule has 0 spiro atoms. The Morgan fingerprint density at radius 1 is 1.56 bits per heavy atom. The van der Waals surface area contributed by atoms with E-state index in [0.29, 0.717) is 16.8 Å². The van der Waals surface area contributed by atoms with E-state index in [2.05, 4.69) is 9.97 Å². The van der Waals surface area contributed by atoms with Gasteiger partial charge < -0.3 is 24.5 Å². The molecule has 84 valence electrons. The quantitative estimate of drug-likeness (QED) is 0.791.